The van der Waals surface area contributed by atoms with Crippen molar-refractivity contribution in [1.29, 1.82) is 0 Å². The molecule has 2 aliphatic carbocycles. The minimum atomic E-state index is -0.771. The van der Waals surface area contributed by atoms with Gasteiger partial charge in [0.25, 0.3) is 5.91 Å². The number of fused-ring (bicyclic) bond motifs is 2. The second kappa shape index (κ2) is 10.7. The average Bonchev–Trinajstić information content (AvgIpc) is 3.49. The number of halogens is 1. The summed E-state index contributed by atoms with van der Waals surface area (Å²) in [5.74, 6) is -0.249. The summed E-state index contributed by atoms with van der Waals surface area (Å²) >= 11 is 6.30. The topological polar surface area (TPSA) is 101 Å². The van der Waals surface area contributed by atoms with E-state index in [0.717, 1.165) is 35.2 Å². The number of carbonyl (C=O) groups is 3. The Morgan fingerprint density at radius 1 is 1.04 bits per heavy atom. The molecule has 1 aromatic carbocycles. The van der Waals surface area contributed by atoms with Gasteiger partial charge >= 0.3 is 5.97 Å². The van der Waals surface area contributed by atoms with Crippen LogP contribution in [0.25, 0.3) is 22.4 Å². The van der Waals surface area contributed by atoms with Crippen LogP contribution >= 0.6 is 11.6 Å². The zero-order chi connectivity index (χ0) is 32.7. The van der Waals surface area contributed by atoms with Crippen LogP contribution in [0.3, 0.4) is 0 Å². The number of Topliss-reactive ketones (excluding diaryl/α,β-unsaturated/α-hetero) is 1. The van der Waals surface area contributed by atoms with Crippen LogP contribution < -0.4 is 0 Å². The molecule has 240 valence electrons. The van der Waals surface area contributed by atoms with Gasteiger partial charge in [-0.05, 0) is 108 Å². The van der Waals surface area contributed by atoms with Gasteiger partial charge in [0.05, 0.1) is 11.1 Å². The van der Waals surface area contributed by atoms with E-state index in [9.17, 15) is 19.5 Å². The van der Waals surface area contributed by atoms with Crippen LogP contribution in [0.1, 0.15) is 108 Å². The molecule has 7 nitrogen and oxygen atoms in total. The first kappa shape index (κ1) is 31.8. The molecule has 6 rings (SSSR count). The lowest BCUT2D eigenvalue weighted by Crippen LogP contribution is -2.49. The highest BCUT2D eigenvalue weighted by Gasteiger charge is 2.64. The summed E-state index contributed by atoms with van der Waals surface area (Å²) < 4.78 is 6.36. The van der Waals surface area contributed by atoms with Gasteiger partial charge in [0.2, 0.25) is 0 Å². The van der Waals surface area contributed by atoms with Gasteiger partial charge in [0.15, 0.2) is 11.3 Å². The number of hydrogen-bond donors (Lipinski definition) is 1. The van der Waals surface area contributed by atoms with Gasteiger partial charge in [0, 0.05) is 45.6 Å². The lowest BCUT2D eigenvalue weighted by atomic mass is 9.67. The highest BCUT2D eigenvalue weighted by molar-refractivity contribution is 6.31. The van der Waals surface area contributed by atoms with Crippen LogP contribution in [0.5, 0.6) is 0 Å². The van der Waals surface area contributed by atoms with Crippen LogP contribution in [0.2, 0.25) is 5.02 Å². The summed E-state index contributed by atoms with van der Waals surface area (Å²) in [7, 11) is 0. The van der Waals surface area contributed by atoms with E-state index in [1.807, 2.05) is 36.1 Å². The van der Waals surface area contributed by atoms with E-state index in [0.29, 0.717) is 54.8 Å². The molecule has 8 heteroatoms. The molecule has 3 aliphatic rings. The summed E-state index contributed by atoms with van der Waals surface area (Å²) in [5, 5.41) is 10.4. The molecular weight excluding hydrogens is 588 g/mol. The third kappa shape index (κ3) is 5.49. The lowest BCUT2D eigenvalue weighted by molar-refractivity contribution is -0.151. The van der Waals surface area contributed by atoms with Crippen molar-refractivity contribution in [3.63, 3.8) is 0 Å². The molecular formula is C37H45ClN2O5. The number of pyridine rings is 1. The van der Waals surface area contributed by atoms with Crippen molar-refractivity contribution in [2.75, 3.05) is 6.54 Å². The second-order valence-corrected chi connectivity index (χ2v) is 16.3. The van der Waals surface area contributed by atoms with Crippen LogP contribution in [0.15, 0.2) is 34.7 Å². The predicted molar refractivity (Wildman–Crippen MR) is 175 cm³/mol. The SMILES string of the molecule is Cc1cc(-c2cc(C(C)(C)C)c3oc(C(=O)N4CCC5CC5(C(=O)[C@H]5CC[C@@](C)(C(=O)O)CC5)CC4(C)C)cc3n2)ccc1Cl. The first-order valence-electron chi connectivity index (χ1n) is 16.3. The Labute approximate surface area is 270 Å². The van der Waals surface area contributed by atoms with Crippen LogP contribution in [-0.4, -0.2) is 44.7 Å². The Kier molecular flexibility index (Phi) is 7.54. The van der Waals surface area contributed by atoms with Crippen molar-refractivity contribution in [3.8, 4) is 11.3 Å². The Morgan fingerprint density at radius 3 is 2.36 bits per heavy atom. The number of hydrogen-bond acceptors (Lipinski definition) is 5. The number of carbonyl (C=O) groups excluding carboxylic acids is 2. The molecule has 1 amide bonds. The highest BCUT2D eigenvalue weighted by atomic mass is 35.5. The van der Waals surface area contributed by atoms with Gasteiger partial charge in [0.1, 0.15) is 11.3 Å². The molecule has 3 fully saturated rings. The normalized spacial score (nSPS) is 28.0. The number of likely N-dealkylation sites (tertiary alicyclic amines) is 1. The summed E-state index contributed by atoms with van der Waals surface area (Å²) in [4.78, 5) is 46.8. The quantitative estimate of drug-likeness (QED) is 0.302. The van der Waals surface area contributed by atoms with E-state index in [1.54, 1.807) is 13.0 Å². The number of carboxylic acid groups (broad SMARTS) is 1. The molecule has 3 aromatic rings. The van der Waals surface area contributed by atoms with Gasteiger partial charge in [-0.1, -0.05) is 38.4 Å². The number of carboxylic acids is 1. The van der Waals surface area contributed by atoms with Crippen LogP contribution in [-0.2, 0) is 15.0 Å². The number of furan rings is 1. The van der Waals surface area contributed by atoms with Crippen LogP contribution in [0.4, 0.5) is 0 Å². The Bertz CT molecular complexity index is 1710. The molecule has 1 aliphatic heterocycles. The maximum absolute atomic E-state index is 14.2. The monoisotopic (exact) mass is 632 g/mol. The second-order valence-electron chi connectivity index (χ2n) is 15.9. The van der Waals surface area contributed by atoms with E-state index in [-0.39, 0.29) is 34.7 Å². The molecule has 2 atom stereocenters. The molecule has 2 aromatic heterocycles. The summed E-state index contributed by atoms with van der Waals surface area (Å²) in [6.07, 6.45) is 4.55. The van der Waals surface area contributed by atoms with Crippen molar-refractivity contribution in [3.05, 3.63) is 52.2 Å². The maximum Gasteiger partial charge on any atom is 0.309 e. The number of aryl methyl sites for hydroxylation is 1. The van der Waals surface area contributed by atoms with Gasteiger partial charge in [-0.2, -0.15) is 0 Å². The summed E-state index contributed by atoms with van der Waals surface area (Å²) in [6.45, 7) is 14.8. The molecule has 0 radical (unpaired) electrons. The smallest absolute Gasteiger partial charge is 0.309 e. The maximum atomic E-state index is 14.2. The van der Waals surface area contributed by atoms with E-state index < -0.39 is 22.3 Å². The van der Waals surface area contributed by atoms with Crippen molar-refractivity contribution in [1.82, 2.24) is 9.88 Å². The largest absolute Gasteiger partial charge is 0.481 e. The fourth-order valence-electron chi connectivity index (χ4n) is 8.10. The zero-order valence-electron chi connectivity index (χ0n) is 27.6. The van der Waals surface area contributed by atoms with Crippen molar-refractivity contribution >= 4 is 40.4 Å². The molecule has 2 saturated carbocycles. The number of amides is 1. The number of benzene rings is 1. The number of ketones is 1. The van der Waals surface area contributed by atoms with Gasteiger partial charge in [-0.25, -0.2) is 4.98 Å². The lowest BCUT2D eigenvalue weighted by Gasteiger charge is -2.40. The Morgan fingerprint density at radius 2 is 1.73 bits per heavy atom. The number of aliphatic carboxylic acids is 1. The molecule has 3 heterocycles. The number of aromatic nitrogens is 1. The average molecular weight is 633 g/mol. The first-order valence-corrected chi connectivity index (χ1v) is 16.6. The number of rotatable bonds is 5. The Balaban J connectivity index is 1.28. The molecule has 1 saturated heterocycles. The predicted octanol–water partition coefficient (Wildman–Crippen LogP) is 8.63. The van der Waals surface area contributed by atoms with E-state index in [1.165, 1.54) is 0 Å². The molecule has 0 spiro atoms. The standard InChI is InChI=1S/C37H45ClN2O5/c1-21-16-23(8-9-26(21)38)27-17-25(34(2,3)4)30-28(39-27)18-29(45-30)32(42)40-15-12-24-19-37(24,20-35(40,5)6)31(41)22-10-13-36(7,14-11-22)33(43)44/h8-9,16-18,22,24H,10-15,19-20H2,1-7H3,(H,43,44)/t22-,24?,36+,37?. The minimum Gasteiger partial charge on any atom is -0.481 e. The molecule has 2 unspecified atom stereocenters. The third-order valence-electron chi connectivity index (χ3n) is 11.1. The molecule has 45 heavy (non-hydrogen) atoms. The van der Waals surface area contributed by atoms with Gasteiger partial charge in [-0.15, -0.1) is 0 Å². The Hall–Kier alpha value is -3.19. The van der Waals surface area contributed by atoms with E-state index in [4.69, 9.17) is 21.0 Å². The van der Waals surface area contributed by atoms with Gasteiger partial charge in [-0.3, -0.25) is 14.4 Å². The van der Waals surface area contributed by atoms with Crippen LogP contribution in [0, 0.1) is 29.6 Å². The summed E-state index contributed by atoms with van der Waals surface area (Å²) in [6, 6.07) is 9.68. The zero-order valence-corrected chi connectivity index (χ0v) is 28.3. The first-order chi connectivity index (χ1) is 20.9. The summed E-state index contributed by atoms with van der Waals surface area (Å²) in [5.41, 5.74) is 2.96. The van der Waals surface area contributed by atoms with Crippen molar-refractivity contribution < 1.29 is 23.9 Å². The van der Waals surface area contributed by atoms with Crippen molar-refractivity contribution in [2.24, 2.45) is 22.7 Å². The minimum absolute atomic E-state index is 0.101. The van der Waals surface area contributed by atoms with E-state index in [2.05, 4.69) is 34.6 Å². The number of nitrogens with zero attached hydrogens (tertiary/aromatic N) is 2. The fraction of sp³-hybridized carbons (Fsp3) is 0.568. The van der Waals surface area contributed by atoms with Crippen molar-refractivity contribution in [2.45, 2.75) is 104 Å². The molecule has 0 bridgehead atoms. The highest BCUT2D eigenvalue weighted by Crippen LogP contribution is 2.64. The van der Waals surface area contributed by atoms with E-state index >= 15 is 0 Å². The fourth-order valence-corrected chi connectivity index (χ4v) is 8.22. The third-order valence-corrected chi connectivity index (χ3v) is 11.5. The van der Waals surface area contributed by atoms with Gasteiger partial charge < -0.3 is 14.4 Å². The molecule has 1 N–H and O–H groups in total.